The number of benzene rings is 2. The average molecular weight is 419 g/mol. The van der Waals surface area contributed by atoms with Crippen LogP contribution in [0.15, 0.2) is 73.2 Å². The number of hydrogen-bond acceptors (Lipinski definition) is 5. The Labute approximate surface area is 180 Å². The van der Waals surface area contributed by atoms with E-state index in [-0.39, 0.29) is 19.4 Å². The summed E-state index contributed by atoms with van der Waals surface area (Å²) in [6.45, 7) is 0.0796. The zero-order valence-electron chi connectivity index (χ0n) is 16.8. The Morgan fingerprint density at radius 1 is 0.968 bits per heavy atom. The Kier molecular flexibility index (Phi) is 7.93. The van der Waals surface area contributed by atoms with Gasteiger partial charge in [-0.2, -0.15) is 0 Å². The van der Waals surface area contributed by atoms with E-state index in [1.165, 1.54) is 6.33 Å². The number of imidazole rings is 1. The minimum Gasteiger partial charge on any atom is -0.445 e. The lowest BCUT2D eigenvalue weighted by atomic mass is 10.0. The van der Waals surface area contributed by atoms with E-state index >= 15 is 0 Å². The third-order valence-electron chi connectivity index (χ3n) is 4.53. The van der Waals surface area contributed by atoms with Crippen molar-refractivity contribution in [1.82, 2.24) is 20.6 Å². The van der Waals surface area contributed by atoms with E-state index in [4.69, 9.17) is 4.74 Å². The minimum absolute atomic E-state index is 0.0796. The van der Waals surface area contributed by atoms with Crippen molar-refractivity contribution in [2.45, 2.75) is 31.5 Å². The molecule has 2 atom stereocenters. The summed E-state index contributed by atoms with van der Waals surface area (Å²) in [6, 6.07) is 16.7. The highest BCUT2D eigenvalue weighted by Gasteiger charge is 2.25. The number of alkyl carbamates (subject to hydrolysis) is 1. The molecule has 3 N–H and O–H groups in total. The first-order chi connectivity index (χ1) is 15.1. The molecule has 2 unspecified atom stereocenters. The van der Waals surface area contributed by atoms with Crippen LogP contribution in [0.5, 0.6) is 0 Å². The average Bonchev–Trinajstić information content (AvgIpc) is 3.31. The summed E-state index contributed by atoms with van der Waals surface area (Å²) in [5, 5.41) is 5.22. The molecule has 2 amide bonds. The van der Waals surface area contributed by atoms with E-state index in [9.17, 15) is 14.4 Å². The van der Waals surface area contributed by atoms with Gasteiger partial charge in [0, 0.05) is 19.0 Å². The lowest BCUT2D eigenvalue weighted by Crippen LogP contribution is -2.51. The molecule has 31 heavy (non-hydrogen) atoms. The highest BCUT2D eigenvalue weighted by Crippen LogP contribution is 2.06. The molecular formula is C23H23N4O4. The first kappa shape index (κ1) is 21.8. The summed E-state index contributed by atoms with van der Waals surface area (Å²) in [6.07, 6.45) is 4.64. The number of hydrogen-bond donors (Lipinski definition) is 3. The Morgan fingerprint density at radius 2 is 1.65 bits per heavy atom. The number of ether oxygens (including phenoxy) is 1. The number of H-pyrrole nitrogens is 1. The van der Waals surface area contributed by atoms with Gasteiger partial charge in [0.2, 0.25) is 12.2 Å². The molecular weight excluding hydrogens is 396 g/mol. The van der Waals surface area contributed by atoms with Crippen molar-refractivity contribution in [1.29, 1.82) is 0 Å². The number of rotatable bonds is 10. The summed E-state index contributed by atoms with van der Waals surface area (Å²) in [5.74, 6) is -0.510. The highest BCUT2D eigenvalue weighted by molar-refractivity contribution is 5.87. The molecule has 0 saturated carbocycles. The van der Waals surface area contributed by atoms with E-state index in [1.54, 1.807) is 6.20 Å². The van der Waals surface area contributed by atoms with Crippen LogP contribution in [-0.4, -0.2) is 40.3 Å². The molecule has 159 valence electrons. The van der Waals surface area contributed by atoms with Gasteiger partial charge < -0.3 is 20.4 Å². The van der Waals surface area contributed by atoms with Crippen LogP contribution in [0.2, 0.25) is 0 Å². The van der Waals surface area contributed by atoms with Gasteiger partial charge in [0.25, 0.3) is 0 Å². The summed E-state index contributed by atoms with van der Waals surface area (Å²) in [5.41, 5.74) is 2.30. The van der Waals surface area contributed by atoms with Gasteiger partial charge in [-0.1, -0.05) is 60.7 Å². The smallest absolute Gasteiger partial charge is 0.408 e. The number of amides is 2. The summed E-state index contributed by atoms with van der Waals surface area (Å²) in [7, 11) is 0. The molecule has 0 aliphatic carbocycles. The standard InChI is InChI=1S/C23H23N4O4/c28-14-20(12-19-13-24-16-25-19)26-22(29)21(11-17-7-3-1-4-8-17)27-23(30)31-15-18-9-5-2-6-10-18/h1-10,13,16,20-21H,11-12,15H2,(H,24,25)(H,26,29)(H,27,30). The van der Waals surface area contributed by atoms with Gasteiger partial charge in [-0.15, -0.1) is 0 Å². The number of nitrogens with zero attached hydrogens (tertiary/aromatic N) is 1. The van der Waals surface area contributed by atoms with Crippen LogP contribution in [0.3, 0.4) is 0 Å². The second-order valence-electron chi connectivity index (χ2n) is 6.89. The summed E-state index contributed by atoms with van der Waals surface area (Å²) >= 11 is 0. The molecule has 1 heterocycles. The number of aromatic amines is 1. The molecule has 0 saturated heterocycles. The molecule has 0 fully saturated rings. The second-order valence-corrected chi connectivity index (χ2v) is 6.89. The minimum atomic E-state index is -0.930. The molecule has 2 aromatic carbocycles. The second kappa shape index (κ2) is 11.3. The van der Waals surface area contributed by atoms with Gasteiger partial charge in [0.05, 0.1) is 12.0 Å². The fraction of sp³-hybridized carbons (Fsp3) is 0.217. The zero-order chi connectivity index (χ0) is 21.9. The van der Waals surface area contributed by atoms with Gasteiger partial charge in [-0.05, 0) is 11.1 Å². The Hall–Kier alpha value is -3.94. The SMILES string of the molecule is O=[C]C(Cc1c[nH]cn1)NC(=O)C(Cc1ccccc1)NC(=O)OCc1ccccc1. The van der Waals surface area contributed by atoms with Gasteiger partial charge in [-0.3, -0.25) is 9.59 Å². The molecule has 0 spiro atoms. The van der Waals surface area contributed by atoms with Crippen molar-refractivity contribution >= 4 is 18.3 Å². The third-order valence-corrected chi connectivity index (χ3v) is 4.53. The van der Waals surface area contributed by atoms with Crippen LogP contribution in [0.25, 0.3) is 0 Å². The van der Waals surface area contributed by atoms with Gasteiger partial charge in [0.15, 0.2) is 0 Å². The number of carbonyl (C=O) groups is 2. The molecule has 0 bridgehead atoms. The van der Waals surface area contributed by atoms with Gasteiger partial charge in [-0.25, -0.2) is 9.78 Å². The first-order valence-electron chi connectivity index (χ1n) is 9.81. The largest absolute Gasteiger partial charge is 0.445 e. The quantitative estimate of drug-likeness (QED) is 0.466. The van der Waals surface area contributed by atoms with Crippen LogP contribution >= 0.6 is 0 Å². The predicted molar refractivity (Wildman–Crippen MR) is 114 cm³/mol. The van der Waals surface area contributed by atoms with Crippen LogP contribution in [-0.2, 0) is 33.8 Å². The van der Waals surface area contributed by atoms with Gasteiger partial charge >= 0.3 is 6.09 Å². The molecule has 8 nitrogen and oxygen atoms in total. The zero-order valence-corrected chi connectivity index (χ0v) is 16.8. The molecule has 0 aliphatic heterocycles. The molecule has 8 heteroatoms. The third kappa shape index (κ3) is 7.11. The van der Waals surface area contributed by atoms with E-state index in [2.05, 4.69) is 20.6 Å². The topological polar surface area (TPSA) is 113 Å². The van der Waals surface area contributed by atoms with E-state index in [0.29, 0.717) is 5.69 Å². The predicted octanol–water partition coefficient (Wildman–Crippen LogP) is 2.08. The van der Waals surface area contributed by atoms with E-state index in [1.807, 2.05) is 66.9 Å². The van der Waals surface area contributed by atoms with Crippen LogP contribution in [0.1, 0.15) is 16.8 Å². The van der Waals surface area contributed by atoms with Gasteiger partial charge in [0.1, 0.15) is 18.7 Å². The van der Waals surface area contributed by atoms with Crippen LogP contribution < -0.4 is 10.6 Å². The van der Waals surface area contributed by atoms with E-state index in [0.717, 1.165) is 11.1 Å². The number of nitrogens with one attached hydrogen (secondary N) is 3. The normalized spacial score (nSPS) is 12.4. The van der Waals surface area contributed by atoms with Crippen molar-refractivity contribution in [3.63, 3.8) is 0 Å². The van der Waals surface area contributed by atoms with E-state index < -0.39 is 24.1 Å². The van der Waals surface area contributed by atoms with Crippen molar-refractivity contribution in [2.75, 3.05) is 0 Å². The molecule has 3 rings (SSSR count). The molecule has 3 aromatic rings. The number of aromatic nitrogens is 2. The lowest BCUT2D eigenvalue weighted by molar-refractivity contribution is -0.123. The summed E-state index contributed by atoms with van der Waals surface area (Å²) < 4.78 is 5.24. The highest BCUT2D eigenvalue weighted by atomic mass is 16.5. The Morgan fingerprint density at radius 3 is 2.26 bits per heavy atom. The van der Waals surface area contributed by atoms with Crippen LogP contribution in [0, 0.1) is 0 Å². The molecule has 1 aromatic heterocycles. The Balaban J connectivity index is 1.63. The summed E-state index contributed by atoms with van der Waals surface area (Å²) in [4.78, 5) is 43.4. The number of carbonyl (C=O) groups excluding carboxylic acids is 3. The van der Waals surface area contributed by atoms with Crippen molar-refractivity contribution in [3.8, 4) is 0 Å². The fourth-order valence-electron chi connectivity index (χ4n) is 2.97. The molecule has 0 aliphatic rings. The first-order valence-corrected chi connectivity index (χ1v) is 9.81. The maximum Gasteiger partial charge on any atom is 0.408 e. The lowest BCUT2D eigenvalue weighted by Gasteiger charge is -2.20. The maximum atomic E-state index is 12.9. The maximum absolute atomic E-state index is 12.9. The van der Waals surface area contributed by atoms with Crippen molar-refractivity contribution in [3.05, 3.63) is 90.0 Å². The van der Waals surface area contributed by atoms with Crippen molar-refractivity contribution < 1.29 is 19.1 Å². The van der Waals surface area contributed by atoms with Crippen LogP contribution in [0.4, 0.5) is 4.79 Å². The molecule has 1 radical (unpaired) electrons. The Bertz CT molecular complexity index is 962. The van der Waals surface area contributed by atoms with Crippen molar-refractivity contribution in [2.24, 2.45) is 0 Å². The monoisotopic (exact) mass is 419 g/mol. The fourth-order valence-corrected chi connectivity index (χ4v) is 2.97.